The molecule has 0 saturated carbocycles. The van der Waals surface area contributed by atoms with E-state index in [1.165, 1.54) is 38.8 Å². The Labute approximate surface area is 492 Å². The van der Waals surface area contributed by atoms with Crippen LogP contribution in [-0.4, -0.2) is 230 Å². The first kappa shape index (κ1) is 68.4. The predicted molar refractivity (Wildman–Crippen MR) is 304 cm³/mol. The molecular weight excluding hydrogens is 1100 g/mol. The lowest BCUT2D eigenvalue weighted by molar-refractivity contribution is -0.318. The Balaban J connectivity index is 0.000000294. The van der Waals surface area contributed by atoms with Gasteiger partial charge in [0.1, 0.15) is 52.5 Å². The zero-order valence-electron chi connectivity index (χ0n) is 51.7. The van der Waals surface area contributed by atoms with E-state index >= 15 is 0 Å². The Hall–Kier alpha value is -4.67. The number of aromatic hydroxyl groups is 1. The van der Waals surface area contributed by atoms with Gasteiger partial charge in [0.15, 0.2) is 24.0 Å². The minimum absolute atomic E-state index is 0.00184. The van der Waals surface area contributed by atoms with Gasteiger partial charge in [0, 0.05) is 68.6 Å². The monoisotopic (exact) mass is 1190 g/mol. The average Bonchev–Trinajstić information content (AvgIpc) is 0.737. The number of hydrogen-bond acceptors (Lipinski definition) is 23. The number of esters is 1. The van der Waals surface area contributed by atoms with Gasteiger partial charge < -0.3 is 89.9 Å². The molecule has 474 valence electrons. The molecule has 1 amide bonds. The summed E-state index contributed by atoms with van der Waals surface area (Å²) in [5.41, 5.74) is -1.82. The van der Waals surface area contributed by atoms with Crippen molar-refractivity contribution >= 4 is 34.9 Å². The summed E-state index contributed by atoms with van der Waals surface area (Å²) in [4.78, 5) is 71.8. The van der Waals surface area contributed by atoms with Gasteiger partial charge in [-0.15, -0.1) is 0 Å². The summed E-state index contributed by atoms with van der Waals surface area (Å²) in [5.74, 6) is -11.5. The van der Waals surface area contributed by atoms with Crippen molar-refractivity contribution in [2.75, 3.05) is 54.3 Å². The molecule has 1 aromatic carbocycles. The van der Waals surface area contributed by atoms with Gasteiger partial charge in [-0.1, -0.05) is 27.7 Å². The lowest BCUT2D eigenvalue weighted by Crippen LogP contribution is -2.63. The van der Waals surface area contributed by atoms with Crippen molar-refractivity contribution in [3.8, 4) is 5.75 Å². The van der Waals surface area contributed by atoms with Crippen molar-refractivity contribution < 1.29 is 98.4 Å². The van der Waals surface area contributed by atoms with E-state index in [0.29, 0.717) is 12.0 Å². The topological polar surface area (TPSA) is 359 Å². The number of Topliss-reactive ketones (excluding diaryl/α,β-unsaturated/α-hetero) is 3. The van der Waals surface area contributed by atoms with Crippen LogP contribution >= 0.6 is 0 Å². The van der Waals surface area contributed by atoms with Crippen molar-refractivity contribution in [1.29, 1.82) is 0 Å². The van der Waals surface area contributed by atoms with Gasteiger partial charge in [-0.25, -0.2) is 0 Å². The number of cyclic esters (lactones) is 1. The van der Waals surface area contributed by atoms with E-state index in [2.05, 4.69) is 0 Å². The highest BCUT2D eigenvalue weighted by Crippen LogP contribution is 2.53. The SMILES string of the molecule is CC[C@H]1OC(=O)[C@H](C)[C@@H](O[C@H]2C[C@@](C)(OC)[C@@H](O)[C@H](C)O2)[C@H](C)[C@@H](O[C@@H]2O[C@H](C)C[C@H](N(C)C)[C@H]2O)[C@](C)(O)C[C@@H](C)C(=O)[C@H](C)[C@@H](O)[C@]1(C)O.CN(C)c1ccc(O)c2c1C[C@H]1C[C@H]3[C@H](N(C)C)C(O)=C(C(N)=O)C(=O)[C@@]3(O)C(O)=C1C2=O. The third-order valence-electron chi connectivity index (χ3n) is 18.9. The molecule has 6 aliphatic rings. The maximum absolute atomic E-state index is 14.1. The number of fused-ring (bicyclic) bond motifs is 3. The first-order chi connectivity index (χ1) is 38.8. The molecule has 3 aliphatic carbocycles. The molecule has 24 heteroatoms. The van der Waals surface area contributed by atoms with Crippen molar-refractivity contribution in [3.63, 3.8) is 0 Å². The molecule has 3 aliphatic heterocycles. The predicted octanol–water partition coefficient (Wildman–Crippen LogP) is 1.97. The second-order valence-corrected chi connectivity index (χ2v) is 25.8. The minimum Gasteiger partial charge on any atom is -0.510 e. The quantitative estimate of drug-likeness (QED) is 0.118. The number of hydrogen-bond donors (Lipinski definition) is 10. The number of methoxy groups -OCH3 is 1. The number of nitrogens with two attached hydrogens (primary N) is 1. The largest absolute Gasteiger partial charge is 0.510 e. The molecule has 0 unspecified atom stereocenters. The number of likely N-dealkylation sites (N-methyl/N-ethyl adjacent to an activating group) is 2. The van der Waals surface area contributed by atoms with Crippen LogP contribution in [0.5, 0.6) is 5.75 Å². The number of anilines is 1. The molecule has 3 heterocycles. The number of primary amides is 1. The third kappa shape index (κ3) is 12.6. The lowest BCUT2D eigenvalue weighted by atomic mass is 9.58. The summed E-state index contributed by atoms with van der Waals surface area (Å²) in [5, 5.41) is 102. The van der Waals surface area contributed by atoms with E-state index in [9.17, 15) is 69.9 Å². The number of benzene rings is 1. The molecule has 1 aromatic rings. The van der Waals surface area contributed by atoms with Gasteiger partial charge in [0.05, 0.1) is 59.2 Å². The Morgan fingerprint density at radius 1 is 0.821 bits per heavy atom. The zero-order valence-corrected chi connectivity index (χ0v) is 51.7. The molecule has 11 N–H and O–H groups in total. The number of ketones is 3. The fourth-order valence-corrected chi connectivity index (χ4v) is 14.1. The number of aliphatic hydroxyl groups excluding tert-OH is 5. The van der Waals surface area contributed by atoms with E-state index in [1.807, 2.05) is 25.9 Å². The van der Waals surface area contributed by atoms with Crippen molar-refractivity contribution in [3.05, 3.63) is 45.9 Å². The number of rotatable bonds is 10. The maximum Gasteiger partial charge on any atom is 0.311 e. The number of ether oxygens (including phenoxy) is 6. The molecule has 3 saturated heterocycles. The van der Waals surface area contributed by atoms with Crippen molar-refractivity contribution in [2.45, 2.75) is 204 Å². The van der Waals surface area contributed by atoms with E-state index in [-0.39, 0.29) is 61.1 Å². The van der Waals surface area contributed by atoms with Gasteiger partial charge in [-0.05, 0) is 125 Å². The first-order valence-corrected chi connectivity index (χ1v) is 29.0. The highest BCUT2D eigenvalue weighted by molar-refractivity contribution is 6.25. The normalized spacial score (nSPS) is 41.6. The number of allylic oxidation sites excluding steroid dienone is 1. The number of phenols is 1. The Morgan fingerprint density at radius 3 is 1.99 bits per heavy atom. The average molecular weight is 1190 g/mol. The number of carbonyl (C=O) groups excluding carboxylic acids is 5. The Bertz CT molecular complexity index is 2690. The van der Waals surface area contributed by atoms with Crippen LogP contribution in [-0.2, 0) is 54.0 Å². The van der Waals surface area contributed by atoms with Crippen LogP contribution in [0, 0.1) is 35.5 Å². The van der Waals surface area contributed by atoms with Gasteiger partial charge in [0.2, 0.25) is 5.78 Å². The molecule has 0 radical (unpaired) electrons. The van der Waals surface area contributed by atoms with Crippen LogP contribution in [0.25, 0.3) is 0 Å². The van der Waals surface area contributed by atoms with Crippen LogP contribution in [0.4, 0.5) is 5.69 Å². The molecule has 84 heavy (non-hydrogen) atoms. The summed E-state index contributed by atoms with van der Waals surface area (Å²) in [6.07, 6.45) is -9.38. The van der Waals surface area contributed by atoms with E-state index in [4.69, 9.17) is 34.2 Å². The third-order valence-corrected chi connectivity index (χ3v) is 18.9. The Kier molecular flexibility index (Phi) is 20.8. The van der Waals surface area contributed by atoms with Crippen LogP contribution in [0.3, 0.4) is 0 Å². The van der Waals surface area contributed by atoms with Gasteiger partial charge in [-0.2, -0.15) is 0 Å². The highest BCUT2D eigenvalue weighted by atomic mass is 16.7. The second-order valence-electron chi connectivity index (χ2n) is 25.8. The van der Waals surface area contributed by atoms with Crippen molar-refractivity contribution in [1.82, 2.24) is 9.80 Å². The molecule has 0 spiro atoms. The van der Waals surface area contributed by atoms with Crippen molar-refractivity contribution in [2.24, 2.45) is 41.2 Å². The van der Waals surface area contributed by atoms with E-state index < -0.39 is 166 Å². The minimum atomic E-state index is -2.63. The van der Waals surface area contributed by atoms with Crippen LogP contribution in [0.2, 0.25) is 0 Å². The fraction of sp³-hybridized carbons (Fsp3) is 0.750. The zero-order chi connectivity index (χ0) is 63.5. The van der Waals surface area contributed by atoms with Crippen LogP contribution < -0.4 is 10.6 Å². The van der Waals surface area contributed by atoms with Gasteiger partial charge >= 0.3 is 5.97 Å². The summed E-state index contributed by atoms with van der Waals surface area (Å²) < 4.78 is 37.1. The van der Waals surface area contributed by atoms with Gasteiger partial charge in [-0.3, -0.25) is 28.9 Å². The summed E-state index contributed by atoms with van der Waals surface area (Å²) in [7, 11) is 12.0. The molecule has 0 aromatic heterocycles. The Morgan fingerprint density at radius 2 is 1.44 bits per heavy atom. The number of carbonyl (C=O) groups is 5. The van der Waals surface area contributed by atoms with E-state index in [1.54, 1.807) is 80.7 Å². The summed E-state index contributed by atoms with van der Waals surface area (Å²) in [6, 6.07) is 1.74. The lowest BCUT2D eigenvalue weighted by Gasteiger charge is -2.50. The van der Waals surface area contributed by atoms with Crippen LogP contribution in [0.15, 0.2) is 34.8 Å². The van der Waals surface area contributed by atoms with Crippen LogP contribution in [0.1, 0.15) is 117 Å². The standard InChI is InChI=1S/C37H67NO13.C23H27N3O7/c1-14-25-37(10,45)30(41)20(4)27(39)18(2)16-35(8,44)32(51-34-28(40)24(38(11)12)15-19(3)47-34)21(5)29(22(6)33(43)49-25)50-26-17-36(9,46-13)31(42)23(7)48-26;1-25(2)12-5-6-13(27)15-10(12)7-9-8-11-17(26(3)4)19(29)16(22(24)32)21(31)23(11,33)20(30)14(9)18(15)28/h18-26,28-32,34,40-42,44-45H,14-17H2,1-13H3;5-6,9,11,17,27,29-30,33H,7-8H2,1-4H3,(H2,24,32)/t18-,19-,20+,21+,22-,23+,24+,25-,26+,28-,29+,30-,31+,32-,34+,35-,36-,37-;9-,11-,17-,23-/m10/s1. The summed E-state index contributed by atoms with van der Waals surface area (Å²) in [6.45, 7) is 16.3. The molecule has 24 nitrogen and oxygen atoms in total. The van der Waals surface area contributed by atoms with Gasteiger partial charge in [0.25, 0.3) is 5.91 Å². The number of aliphatic hydroxyl groups is 8. The molecule has 7 rings (SSSR count). The number of amides is 1. The molecule has 0 bridgehead atoms. The first-order valence-electron chi connectivity index (χ1n) is 29.0. The molecular formula is C60H94N4O20. The molecule has 22 atom stereocenters. The highest BCUT2D eigenvalue weighted by Gasteiger charge is 2.64. The number of nitrogens with zero attached hydrogens (tertiary/aromatic N) is 3. The second kappa shape index (κ2) is 25.6. The van der Waals surface area contributed by atoms with E-state index in [0.717, 1.165) is 5.69 Å². The number of phenolic OH excluding ortho intramolecular Hbond substituents is 1. The summed E-state index contributed by atoms with van der Waals surface area (Å²) >= 11 is 0. The molecule has 3 fully saturated rings. The fourth-order valence-electron chi connectivity index (χ4n) is 14.1. The smallest absolute Gasteiger partial charge is 0.311 e. The maximum atomic E-state index is 14.1.